The zero-order chi connectivity index (χ0) is 34.3. The number of carbonyl (C=O) groups excluding carboxylic acids is 5. The SMILES string of the molecule is CC(C)(C)OC(=O)N1CCN(C(=O)OC(C)(C)C)[C@@H](C(=O)NCC(=O)OCc2ccccc2)C1.Cl.NCC(=O)OCc1ccccc1. The number of hydrogen-bond acceptors (Lipinski definition) is 10. The molecule has 2 aromatic carbocycles. The predicted octanol–water partition coefficient (Wildman–Crippen LogP) is 3.81. The van der Waals surface area contributed by atoms with Crippen LogP contribution in [0, 0.1) is 0 Å². The third-order valence-corrected chi connectivity index (χ3v) is 6.02. The highest BCUT2D eigenvalue weighted by molar-refractivity contribution is 5.89. The number of halogens is 1. The summed E-state index contributed by atoms with van der Waals surface area (Å²) in [5, 5.41) is 2.50. The molecule has 0 radical (unpaired) electrons. The van der Waals surface area contributed by atoms with Gasteiger partial charge >= 0.3 is 24.1 Å². The lowest BCUT2D eigenvalue weighted by Gasteiger charge is -2.40. The highest BCUT2D eigenvalue weighted by Crippen LogP contribution is 2.18. The minimum Gasteiger partial charge on any atom is -0.460 e. The van der Waals surface area contributed by atoms with Gasteiger partial charge in [-0.2, -0.15) is 0 Å². The van der Waals surface area contributed by atoms with Gasteiger partial charge in [-0.25, -0.2) is 9.59 Å². The van der Waals surface area contributed by atoms with Gasteiger partial charge in [-0.15, -0.1) is 12.4 Å². The van der Waals surface area contributed by atoms with Gasteiger partial charge in [0.05, 0.1) is 13.1 Å². The minimum atomic E-state index is -1.06. The molecule has 13 nitrogen and oxygen atoms in total. The summed E-state index contributed by atoms with van der Waals surface area (Å²) in [7, 11) is 0. The molecule has 1 heterocycles. The average molecular weight is 679 g/mol. The Hall–Kier alpha value is -4.36. The third kappa shape index (κ3) is 16.2. The van der Waals surface area contributed by atoms with Crippen molar-refractivity contribution in [2.45, 2.75) is 72.0 Å². The van der Waals surface area contributed by atoms with Crippen molar-refractivity contribution in [3.63, 3.8) is 0 Å². The molecule has 260 valence electrons. The van der Waals surface area contributed by atoms with Crippen LogP contribution in [0.15, 0.2) is 60.7 Å². The number of hydrogen-bond donors (Lipinski definition) is 2. The molecule has 0 spiro atoms. The van der Waals surface area contributed by atoms with Crippen molar-refractivity contribution in [3.05, 3.63) is 71.8 Å². The van der Waals surface area contributed by atoms with Gasteiger partial charge < -0.3 is 34.9 Å². The van der Waals surface area contributed by atoms with Crippen molar-refractivity contribution in [2.24, 2.45) is 5.73 Å². The molecule has 0 unspecified atom stereocenters. The topological polar surface area (TPSA) is 167 Å². The summed E-state index contributed by atoms with van der Waals surface area (Å²) in [6.07, 6.45) is -1.26. The standard InChI is InChI=1S/C24H35N3O7.C9H11NO2.ClH/c1-23(2,3)33-21(30)26-12-13-27(22(31)34-24(4,5)6)18(15-26)20(29)25-14-19(28)32-16-17-10-8-7-9-11-17;10-6-9(11)12-7-8-4-2-1-3-5-8;/h7-11,18H,12-16H2,1-6H3,(H,25,29);1-5H,6-7,10H2;1H/t18-;;/m1../s1. The lowest BCUT2D eigenvalue weighted by atomic mass is 10.1. The molecule has 1 aliphatic rings. The molecule has 2 aromatic rings. The van der Waals surface area contributed by atoms with Gasteiger partial charge in [-0.1, -0.05) is 60.7 Å². The Labute approximate surface area is 282 Å². The summed E-state index contributed by atoms with van der Waals surface area (Å²) >= 11 is 0. The molecule has 3 rings (SSSR count). The largest absolute Gasteiger partial charge is 0.460 e. The summed E-state index contributed by atoms with van der Waals surface area (Å²) in [6, 6.07) is 17.6. The minimum absolute atomic E-state index is 0. The number of benzene rings is 2. The highest BCUT2D eigenvalue weighted by Gasteiger charge is 2.40. The van der Waals surface area contributed by atoms with Gasteiger partial charge in [0.2, 0.25) is 5.91 Å². The number of nitrogens with zero attached hydrogens (tertiary/aromatic N) is 2. The van der Waals surface area contributed by atoms with Crippen LogP contribution in [0.3, 0.4) is 0 Å². The van der Waals surface area contributed by atoms with Gasteiger partial charge in [0.15, 0.2) is 0 Å². The van der Waals surface area contributed by atoms with E-state index in [0.717, 1.165) is 11.1 Å². The van der Waals surface area contributed by atoms with Crippen LogP contribution in [0.1, 0.15) is 52.7 Å². The predicted molar refractivity (Wildman–Crippen MR) is 176 cm³/mol. The molecule has 1 atom stereocenters. The first-order chi connectivity index (χ1) is 21.6. The molecule has 1 saturated heterocycles. The number of esters is 2. The van der Waals surface area contributed by atoms with Crippen molar-refractivity contribution < 1.29 is 42.9 Å². The number of nitrogens with one attached hydrogen (secondary N) is 1. The molecule has 14 heteroatoms. The number of ether oxygens (including phenoxy) is 4. The van der Waals surface area contributed by atoms with Crippen LogP contribution in [0.2, 0.25) is 0 Å². The van der Waals surface area contributed by atoms with E-state index >= 15 is 0 Å². The van der Waals surface area contributed by atoms with E-state index < -0.39 is 41.3 Å². The van der Waals surface area contributed by atoms with Gasteiger partial charge in [0.25, 0.3) is 0 Å². The Kier molecular flexibility index (Phi) is 16.7. The summed E-state index contributed by atoms with van der Waals surface area (Å²) < 4.78 is 20.8. The van der Waals surface area contributed by atoms with Crippen LogP contribution in [-0.4, -0.2) is 89.8 Å². The first-order valence-corrected chi connectivity index (χ1v) is 14.9. The average Bonchev–Trinajstić information content (AvgIpc) is 3.00. The maximum absolute atomic E-state index is 13.0. The number of piperazine rings is 1. The van der Waals surface area contributed by atoms with E-state index in [1.807, 2.05) is 60.7 Å². The van der Waals surface area contributed by atoms with E-state index in [1.165, 1.54) is 9.80 Å². The van der Waals surface area contributed by atoms with Crippen LogP contribution < -0.4 is 11.1 Å². The molecule has 0 aromatic heterocycles. The zero-order valence-electron chi connectivity index (χ0n) is 27.9. The van der Waals surface area contributed by atoms with Crippen molar-refractivity contribution in [1.29, 1.82) is 0 Å². The fourth-order valence-corrected chi connectivity index (χ4v) is 3.90. The Morgan fingerprint density at radius 2 is 1.21 bits per heavy atom. The van der Waals surface area contributed by atoms with Crippen LogP contribution >= 0.6 is 12.4 Å². The lowest BCUT2D eigenvalue weighted by Crippen LogP contribution is -2.62. The summed E-state index contributed by atoms with van der Waals surface area (Å²) in [4.78, 5) is 63.6. The fourth-order valence-electron chi connectivity index (χ4n) is 3.90. The van der Waals surface area contributed by atoms with Crippen molar-refractivity contribution >= 4 is 42.4 Å². The molecular formula is C33H47ClN4O9. The second-order valence-corrected chi connectivity index (χ2v) is 12.3. The van der Waals surface area contributed by atoms with Gasteiger partial charge in [-0.3, -0.25) is 19.3 Å². The van der Waals surface area contributed by atoms with E-state index in [4.69, 9.17) is 24.7 Å². The number of rotatable bonds is 8. The Morgan fingerprint density at radius 3 is 1.68 bits per heavy atom. The first-order valence-electron chi connectivity index (χ1n) is 14.9. The van der Waals surface area contributed by atoms with E-state index in [1.54, 1.807) is 41.5 Å². The maximum Gasteiger partial charge on any atom is 0.411 e. The molecule has 0 bridgehead atoms. The first kappa shape index (κ1) is 40.7. The Balaban J connectivity index is 0.000000713. The van der Waals surface area contributed by atoms with Gasteiger partial charge in [-0.05, 0) is 52.7 Å². The molecule has 1 aliphatic heterocycles. The smallest absolute Gasteiger partial charge is 0.411 e. The summed E-state index contributed by atoms with van der Waals surface area (Å²) in [5.41, 5.74) is 5.38. The highest BCUT2D eigenvalue weighted by atomic mass is 35.5. The number of carbonyl (C=O) groups is 5. The summed E-state index contributed by atoms with van der Waals surface area (Å²) in [6.45, 7) is 10.5. The molecule has 0 aliphatic carbocycles. The molecular weight excluding hydrogens is 632 g/mol. The molecule has 3 amide bonds. The molecule has 3 N–H and O–H groups in total. The van der Waals surface area contributed by atoms with Gasteiger partial charge in [0.1, 0.15) is 37.0 Å². The third-order valence-electron chi connectivity index (χ3n) is 6.02. The summed E-state index contributed by atoms with van der Waals surface area (Å²) in [5.74, 6) is -1.60. The second-order valence-electron chi connectivity index (χ2n) is 12.3. The zero-order valence-corrected chi connectivity index (χ0v) is 28.7. The lowest BCUT2D eigenvalue weighted by molar-refractivity contribution is -0.146. The quantitative estimate of drug-likeness (QED) is 0.310. The van der Waals surface area contributed by atoms with E-state index in [2.05, 4.69) is 5.32 Å². The molecule has 0 saturated carbocycles. The van der Waals surface area contributed by atoms with Crippen molar-refractivity contribution in [2.75, 3.05) is 32.7 Å². The maximum atomic E-state index is 13.0. The van der Waals surface area contributed by atoms with Crippen LogP contribution in [0.4, 0.5) is 9.59 Å². The van der Waals surface area contributed by atoms with E-state index in [-0.39, 0.29) is 57.7 Å². The fraction of sp³-hybridized carbons (Fsp3) is 0.485. The Bertz CT molecular complexity index is 1300. The second kappa shape index (κ2) is 19.3. The number of amides is 3. The molecule has 47 heavy (non-hydrogen) atoms. The monoisotopic (exact) mass is 678 g/mol. The normalized spacial score (nSPS) is 14.3. The molecule has 1 fully saturated rings. The van der Waals surface area contributed by atoms with Crippen molar-refractivity contribution in [1.82, 2.24) is 15.1 Å². The Morgan fingerprint density at radius 1 is 0.745 bits per heavy atom. The van der Waals surface area contributed by atoms with Crippen LogP contribution in [0.25, 0.3) is 0 Å². The van der Waals surface area contributed by atoms with Crippen molar-refractivity contribution in [3.8, 4) is 0 Å². The van der Waals surface area contributed by atoms with Crippen LogP contribution in [-0.2, 0) is 46.5 Å². The van der Waals surface area contributed by atoms with E-state index in [0.29, 0.717) is 6.61 Å². The van der Waals surface area contributed by atoms with Gasteiger partial charge in [0, 0.05) is 13.1 Å². The number of nitrogens with two attached hydrogens (primary N) is 1. The van der Waals surface area contributed by atoms with Crippen LogP contribution in [0.5, 0.6) is 0 Å². The van der Waals surface area contributed by atoms with E-state index in [9.17, 15) is 24.0 Å².